The van der Waals surface area contributed by atoms with Crippen LogP contribution >= 0.6 is 0 Å². The number of anilines is 1. The van der Waals surface area contributed by atoms with E-state index in [1.165, 1.54) is 16.9 Å². The molecule has 1 aromatic heterocycles. The van der Waals surface area contributed by atoms with Crippen molar-refractivity contribution < 1.29 is 13.3 Å². The maximum Gasteiger partial charge on any atom is 0.210 e. The van der Waals surface area contributed by atoms with E-state index in [1.54, 1.807) is 14.1 Å². The molecule has 0 aliphatic heterocycles. The fourth-order valence-corrected chi connectivity index (χ4v) is 2.47. The molecule has 0 amide bonds. The largest absolute Gasteiger partial charge is 0.414 e. The zero-order valence-electron chi connectivity index (χ0n) is 15.0. The summed E-state index contributed by atoms with van der Waals surface area (Å²) in [5.41, 5.74) is 3.37. The number of unbranched alkanes of at least 4 members (excludes halogenated alkanes) is 1. The van der Waals surface area contributed by atoms with Gasteiger partial charge in [0.1, 0.15) is 17.9 Å². The predicted molar refractivity (Wildman–Crippen MR) is 95.8 cm³/mol. The van der Waals surface area contributed by atoms with Gasteiger partial charge < -0.3 is 9.74 Å². The van der Waals surface area contributed by atoms with Crippen LogP contribution in [0.5, 0.6) is 0 Å². The van der Waals surface area contributed by atoms with Gasteiger partial charge in [-0.05, 0) is 19.8 Å². The summed E-state index contributed by atoms with van der Waals surface area (Å²) in [6.07, 6.45) is 6.21. The second kappa shape index (κ2) is 9.55. The molecule has 1 N–H and O–H groups in total. The molecule has 9 heteroatoms. The maximum absolute atomic E-state index is 11.3. The normalized spacial score (nSPS) is 12.5. The topological polar surface area (TPSA) is 87.7 Å². The molecule has 136 valence electrons. The fraction of sp³-hybridized carbons (Fsp3) is 0.600. The Morgan fingerprint density at radius 1 is 1.29 bits per heavy atom. The summed E-state index contributed by atoms with van der Waals surface area (Å²) in [5, 5.41) is 0. The second-order valence-corrected chi connectivity index (χ2v) is 7.66. The van der Waals surface area contributed by atoms with Gasteiger partial charge in [-0.15, -0.1) is 0 Å². The zero-order valence-corrected chi connectivity index (χ0v) is 15.8. The number of rotatable bonds is 10. The summed E-state index contributed by atoms with van der Waals surface area (Å²) >= 11 is 0. The monoisotopic (exact) mass is 357 g/mol. The summed E-state index contributed by atoms with van der Waals surface area (Å²) in [6.45, 7) is 3.13. The van der Waals surface area contributed by atoms with Gasteiger partial charge in [-0.3, -0.25) is 0 Å². The number of hydroxylamine groups is 1. The zero-order chi connectivity index (χ0) is 18.2. The van der Waals surface area contributed by atoms with Gasteiger partial charge in [0.25, 0.3) is 0 Å². The lowest BCUT2D eigenvalue weighted by molar-refractivity contribution is 0.131. The lowest BCUT2D eigenvalue weighted by Crippen LogP contribution is -2.27. The van der Waals surface area contributed by atoms with Crippen LogP contribution in [0.3, 0.4) is 0 Å². The Morgan fingerprint density at radius 2 is 1.96 bits per heavy atom. The van der Waals surface area contributed by atoms with Gasteiger partial charge in [0, 0.05) is 46.4 Å². The Bertz CT molecular complexity index is 648. The van der Waals surface area contributed by atoms with Crippen molar-refractivity contribution in [3.05, 3.63) is 23.8 Å². The van der Waals surface area contributed by atoms with Crippen LogP contribution in [0.2, 0.25) is 0 Å². The van der Waals surface area contributed by atoms with Gasteiger partial charge in [0.05, 0.1) is 11.9 Å². The highest BCUT2D eigenvalue weighted by atomic mass is 32.2. The van der Waals surface area contributed by atoms with Crippen molar-refractivity contribution in [2.45, 2.75) is 19.8 Å². The summed E-state index contributed by atoms with van der Waals surface area (Å²) in [6, 6.07) is 1.88. The summed E-state index contributed by atoms with van der Waals surface area (Å²) in [5.74, 6) is 1.51. The van der Waals surface area contributed by atoms with Crippen LogP contribution in [-0.4, -0.2) is 63.2 Å². The highest BCUT2D eigenvalue weighted by Gasteiger charge is 2.10. The van der Waals surface area contributed by atoms with E-state index in [9.17, 15) is 8.42 Å². The Hall–Kier alpha value is -1.71. The highest BCUT2D eigenvalue weighted by molar-refractivity contribution is 7.88. The van der Waals surface area contributed by atoms with E-state index in [-0.39, 0.29) is 0 Å². The second-order valence-electron chi connectivity index (χ2n) is 5.58. The van der Waals surface area contributed by atoms with Crippen molar-refractivity contribution in [1.82, 2.24) is 19.8 Å². The molecule has 0 unspecified atom stereocenters. The van der Waals surface area contributed by atoms with E-state index >= 15 is 0 Å². The van der Waals surface area contributed by atoms with E-state index in [2.05, 4.69) is 15.4 Å². The van der Waals surface area contributed by atoms with Crippen LogP contribution in [0, 0.1) is 0 Å². The SMILES string of the molecule is CNO/C(C)=C/c1cc(N(C)CCCCN(C)S(C)(=O)=O)ncn1. The van der Waals surface area contributed by atoms with E-state index in [0.717, 1.165) is 30.9 Å². The molecule has 0 fully saturated rings. The molecular weight excluding hydrogens is 330 g/mol. The van der Waals surface area contributed by atoms with Gasteiger partial charge >= 0.3 is 0 Å². The summed E-state index contributed by atoms with van der Waals surface area (Å²) in [7, 11) is 2.14. The van der Waals surface area contributed by atoms with E-state index < -0.39 is 10.0 Å². The first-order chi connectivity index (χ1) is 11.2. The molecule has 0 saturated heterocycles. The number of hydrogen-bond donors (Lipinski definition) is 1. The van der Waals surface area contributed by atoms with E-state index in [1.807, 2.05) is 31.0 Å². The lowest BCUT2D eigenvalue weighted by atomic mass is 10.3. The number of hydrogen-bond acceptors (Lipinski definition) is 7. The first-order valence-electron chi connectivity index (χ1n) is 7.70. The average molecular weight is 357 g/mol. The van der Waals surface area contributed by atoms with Crippen LogP contribution in [-0.2, 0) is 14.9 Å². The van der Waals surface area contributed by atoms with Gasteiger partial charge in [-0.25, -0.2) is 22.7 Å². The molecule has 0 aliphatic carbocycles. The molecule has 0 aliphatic rings. The molecule has 0 spiro atoms. The third-order valence-electron chi connectivity index (χ3n) is 3.46. The molecular formula is C15H27N5O3S. The number of nitrogens with zero attached hydrogens (tertiary/aromatic N) is 4. The van der Waals surface area contributed by atoms with Gasteiger partial charge in [0.2, 0.25) is 10.0 Å². The number of nitrogens with one attached hydrogen (secondary N) is 1. The molecule has 1 heterocycles. The number of allylic oxidation sites excluding steroid dienone is 1. The predicted octanol–water partition coefficient (Wildman–Crippen LogP) is 1.10. The maximum atomic E-state index is 11.3. The number of sulfonamides is 1. The fourth-order valence-electron chi connectivity index (χ4n) is 2.01. The number of aromatic nitrogens is 2. The molecule has 0 aromatic carbocycles. The smallest absolute Gasteiger partial charge is 0.210 e. The Morgan fingerprint density at radius 3 is 2.58 bits per heavy atom. The minimum Gasteiger partial charge on any atom is -0.414 e. The van der Waals surface area contributed by atoms with Gasteiger partial charge in [-0.1, -0.05) is 0 Å². The molecule has 0 atom stereocenters. The van der Waals surface area contributed by atoms with Crippen LogP contribution in [0.1, 0.15) is 25.5 Å². The van der Waals surface area contributed by atoms with Crippen molar-refractivity contribution >= 4 is 21.9 Å². The molecule has 0 bridgehead atoms. The molecule has 1 aromatic rings. The van der Waals surface area contributed by atoms with Crippen LogP contribution < -0.4 is 10.4 Å². The quantitative estimate of drug-likeness (QED) is 0.381. The third-order valence-corrected chi connectivity index (χ3v) is 4.78. The Balaban J connectivity index is 2.53. The minimum absolute atomic E-state index is 0.519. The lowest BCUT2D eigenvalue weighted by Gasteiger charge is -2.19. The van der Waals surface area contributed by atoms with Gasteiger partial charge in [-0.2, -0.15) is 5.48 Å². The van der Waals surface area contributed by atoms with Crippen molar-refractivity contribution in [1.29, 1.82) is 0 Å². The molecule has 1 rings (SSSR count). The first kappa shape index (κ1) is 20.3. The van der Waals surface area contributed by atoms with Crippen molar-refractivity contribution in [2.75, 3.05) is 45.4 Å². The minimum atomic E-state index is -3.10. The Kier molecular flexibility index (Phi) is 8.09. The Labute approximate surface area is 144 Å². The molecule has 0 radical (unpaired) electrons. The van der Waals surface area contributed by atoms with E-state index in [0.29, 0.717) is 12.3 Å². The van der Waals surface area contributed by atoms with Crippen molar-refractivity contribution in [3.63, 3.8) is 0 Å². The summed E-state index contributed by atoms with van der Waals surface area (Å²) < 4.78 is 24.0. The van der Waals surface area contributed by atoms with Crippen LogP contribution in [0.15, 0.2) is 18.2 Å². The molecule has 0 saturated carbocycles. The highest BCUT2D eigenvalue weighted by Crippen LogP contribution is 2.13. The third kappa shape index (κ3) is 7.24. The first-order valence-corrected chi connectivity index (χ1v) is 9.55. The summed E-state index contributed by atoms with van der Waals surface area (Å²) in [4.78, 5) is 15.6. The van der Waals surface area contributed by atoms with Crippen LogP contribution in [0.25, 0.3) is 6.08 Å². The molecule has 24 heavy (non-hydrogen) atoms. The average Bonchev–Trinajstić information content (AvgIpc) is 2.50. The standard InChI is InChI=1S/C15H27N5O3S/c1-13(23-16-2)10-14-11-15(18-12-17-14)19(3)8-6-7-9-20(4)24(5,21)22/h10-12,16H,6-9H2,1-5H3/b13-10+. The van der Waals surface area contributed by atoms with Gasteiger partial charge in [0.15, 0.2) is 0 Å². The van der Waals surface area contributed by atoms with Crippen molar-refractivity contribution in [2.24, 2.45) is 0 Å². The van der Waals surface area contributed by atoms with Crippen LogP contribution in [0.4, 0.5) is 5.82 Å². The molecule has 8 nitrogen and oxygen atoms in total. The van der Waals surface area contributed by atoms with E-state index in [4.69, 9.17) is 4.84 Å². The van der Waals surface area contributed by atoms with Crippen molar-refractivity contribution in [3.8, 4) is 0 Å².